The Balaban J connectivity index is 5.84. The quantitative estimate of drug-likeness (QED) is 0.426. The fourth-order valence-corrected chi connectivity index (χ4v) is 1.66. The molecule has 19 heteroatoms. The van der Waals surface area contributed by atoms with Crippen LogP contribution < -0.4 is 0 Å². The zero-order valence-electron chi connectivity index (χ0n) is 12.6. The summed E-state index contributed by atoms with van der Waals surface area (Å²) in [5.74, 6) is -13.8. The van der Waals surface area contributed by atoms with Gasteiger partial charge in [0.2, 0.25) is 0 Å². The second-order valence-electron chi connectivity index (χ2n) is 5.21. The van der Waals surface area contributed by atoms with Crippen molar-refractivity contribution in [2.24, 2.45) is 0 Å². The molecule has 29 heavy (non-hydrogen) atoms. The van der Waals surface area contributed by atoms with Crippen molar-refractivity contribution in [2.75, 3.05) is 13.2 Å². The summed E-state index contributed by atoms with van der Waals surface area (Å²) in [7, 11) is 0. The van der Waals surface area contributed by atoms with Gasteiger partial charge in [-0.3, -0.25) is 0 Å². The van der Waals surface area contributed by atoms with Crippen LogP contribution in [-0.4, -0.2) is 61.1 Å². The average Bonchev–Trinajstić information content (AvgIpc) is 2.39. The van der Waals surface area contributed by atoms with E-state index in [4.69, 9.17) is 0 Å². The van der Waals surface area contributed by atoms with E-state index in [0.717, 1.165) is 0 Å². The lowest BCUT2D eigenvalue weighted by Crippen LogP contribution is -2.67. The molecule has 0 N–H and O–H groups in total. The van der Waals surface area contributed by atoms with E-state index >= 15 is 0 Å². The first-order chi connectivity index (χ1) is 12.2. The number of hydrogen-bond donors (Lipinski definition) is 0. The van der Waals surface area contributed by atoms with Crippen LogP contribution in [0.5, 0.6) is 0 Å². The van der Waals surface area contributed by atoms with Crippen LogP contribution in [0.25, 0.3) is 0 Å². The largest absolute Gasteiger partial charge is 0.437 e. The minimum atomic E-state index is -7.50. The second-order valence-corrected chi connectivity index (χ2v) is 5.21. The van der Waals surface area contributed by atoms with E-state index in [1.165, 1.54) is 0 Å². The molecule has 0 heterocycles. The summed E-state index contributed by atoms with van der Waals surface area (Å²) in [5, 5.41) is 0. The van der Waals surface area contributed by atoms with Crippen LogP contribution in [0.15, 0.2) is 0 Å². The van der Waals surface area contributed by atoms with Gasteiger partial charge in [0.15, 0.2) is 0 Å². The minimum absolute atomic E-state index is 2.66. The standard InChI is InChI=1S/C10H4F18O/c11-3(12,5(15,7(17,18)19)8(20,21)22)1-29-2-4(13,14)6(16,9(23,24)25)10(26,27)28/h1-2H2. The van der Waals surface area contributed by atoms with E-state index < -0.39 is 61.1 Å². The summed E-state index contributed by atoms with van der Waals surface area (Å²) in [6, 6.07) is 0. The molecule has 0 aliphatic rings. The molecule has 0 aromatic rings. The van der Waals surface area contributed by atoms with Crippen LogP contribution >= 0.6 is 0 Å². The van der Waals surface area contributed by atoms with Crippen molar-refractivity contribution in [1.29, 1.82) is 0 Å². The molecule has 0 atom stereocenters. The Bertz CT molecular complexity index is 483. The SMILES string of the molecule is FC(F)(F)C(F)(C(F)(F)F)C(F)(F)COCC(F)(F)C(F)(C(F)(F)F)C(F)(F)F. The lowest BCUT2D eigenvalue weighted by molar-refractivity contribution is -0.410. The molecule has 0 aromatic heterocycles. The van der Waals surface area contributed by atoms with Crippen molar-refractivity contribution in [2.45, 2.75) is 47.9 Å². The topological polar surface area (TPSA) is 9.23 Å². The first kappa shape index (κ1) is 27.7. The molecule has 0 rings (SSSR count). The summed E-state index contributed by atoms with van der Waals surface area (Å²) >= 11 is 0. The van der Waals surface area contributed by atoms with Crippen molar-refractivity contribution < 1.29 is 83.8 Å². The van der Waals surface area contributed by atoms with Gasteiger partial charge in [0.25, 0.3) is 0 Å². The molecular weight excluding hydrogens is 478 g/mol. The zero-order valence-corrected chi connectivity index (χ0v) is 12.6. The van der Waals surface area contributed by atoms with Gasteiger partial charge in [0, 0.05) is 0 Å². The van der Waals surface area contributed by atoms with E-state index in [0.29, 0.717) is 0 Å². The smallest absolute Gasteiger partial charge is 0.369 e. The number of rotatable bonds is 6. The third-order valence-electron chi connectivity index (χ3n) is 3.14. The number of hydrogen-bond acceptors (Lipinski definition) is 1. The first-order valence-corrected chi connectivity index (χ1v) is 6.19. The third-order valence-corrected chi connectivity index (χ3v) is 3.14. The molecule has 0 spiro atoms. The summed E-state index contributed by atoms with van der Waals surface area (Å²) in [5.41, 5.74) is -15.0. The van der Waals surface area contributed by atoms with Gasteiger partial charge in [-0.15, -0.1) is 0 Å². The normalized spacial score (nSPS) is 16.3. The molecule has 0 aromatic carbocycles. The zero-order chi connectivity index (χ0) is 24.1. The maximum atomic E-state index is 13.1. The third kappa shape index (κ3) is 4.42. The number of alkyl halides is 18. The Morgan fingerprint density at radius 3 is 0.655 bits per heavy atom. The van der Waals surface area contributed by atoms with Crippen molar-refractivity contribution >= 4 is 0 Å². The van der Waals surface area contributed by atoms with Gasteiger partial charge in [0.1, 0.15) is 13.2 Å². The summed E-state index contributed by atoms with van der Waals surface area (Å²) in [6.07, 6.45) is -29.9. The second kappa shape index (κ2) is 7.14. The number of halogens is 18. The Morgan fingerprint density at radius 1 is 0.345 bits per heavy atom. The highest BCUT2D eigenvalue weighted by atomic mass is 19.4. The highest BCUT2D eigenvalue weighted by Crippen LogP contribution is 2.56. The fraction of sp³-hybridized carbons (Fsp3) is 1.00. The van der Waals surface area contributed by atoms with Gasteiger partial charge in [-0.1, -0.05) is 0 Å². The predicted molar refractivity (Wildman–Crippen MR) is 52.6 cm³/mol. The van der Waals surface area contributed by atoms with Gasteiger partial charge >= 0.3 is 47.9 Å². The van der Waals surface area contributed by atoms with Gasteiger partial charge in [-0.05, 0) is 0 Å². The lowest BCUT2D eigenvalue weighted by atomic mass is 9.95. The molecule has 0 aliphatic heterocycles. The van der Waals surface area contributed by atoms with Crippen LogP contribution in [0.4, 0.5) is 79.0 Å². The van der Waals surface area contributed by atoms with E-state index in [-0.39, 0.29) is 0 Å². The fourth-order valence-electron chi connectivity index (χ4n) is 1.66. The molecule has 0 fully saturated rings. The predicted octanol–water partition coefficient (Wildman–Crippen LogP) is 5.94. The molecule has 0 saturated heterocycles. The summed E-state index contributed by atoms with van der Waals surface area (Å²) in [4.78, 5) is 0. The van der Waals surface area contributed by atoms with E-state index in [9.17, 15) is 79.0 Å². The molecular formula is C10H4F18O. The van der Waals surface area contributed by atoms with Gasteiger partial charge in [-0.2, -0.15) is 70.2 Å². The molecule has 0 amide bonds. The van der Waals surface area contributed by atoms with Gasteiger partial charge < -0.3 is 4.74 Å². The molecule has 0 aliphatic carbocycles. The van der Waals surface area contributed by atoms with E-state index in [2.05, 4.69) is 4.74 Å². The summed E-state index contributed by atoms with van der Waals surface area (Å²) < 4.78 is 227. The van der Waals surface area contributed by atoms with Crippen molar-refractivity contribution in [1.82, 2.24) is 0 Å². The lowest BCUT2D eigenvalue weighted by Gasteiger charge is -2.37. The number of ether oxygens (including phenoxy) is 1. The van der Waals surface area contributed by atoms with Crippen LogP contribution in [0.2, 0.25) is 0 Å². The minimum Gasteiger partial charge on any atom is -0.369 e. The molecule has 1 nitrogen and oxygen atoms in total. The van der Waals surface area contributed by atoms with Crippen molar-refractivity contribution in [3.05, 3.63) is 0 Å². The highest BCUT2D eigenvalue weighted by Gasteiger charge is 2.86. The molecule has 0 saturated carbocycles. The van der Waals surface area contributed by atoms with E-state index in [1.807, 2.05) is 0 Å². The Labute approximate surface area is 146 Å². The van der Waals surface area contributed by atoms with Gasteiger partial charge in [0.05, 0.1) is 0 Å². The highest BCUT2D eigenvalue weighted by molar-refractivity contribution is 5.07. The van der Waals surface area contributed by atoms with E-state index in [1.54, 1.807) is 0 Å². The summed E-state index contributed by atoms with van der Waals surface area (Å²) in [6.45, 7) is -7.49. The average molecular weight is 482 g/mol. The Hall–Kier alpha value is -1.30. The van der Waals surface area contributed by atoms with Crippen LogP contribution in [0.1, 0.15) is 0 Å². The molecule has 0 radical (unpaired) electrons. The van der Waals surface area contributed by atoms with Crippen LogP contribution in [0.3, 0.4) is 0 Å². The molecule has 176 valence electrons. The maximum absolute atomic E-state index is 13.1. The molecule has 0 unspecified atom stereocenters. The Kier molecular flexibility index (Phi) is 6.82. The monoisotopic (exact) mass is 482 g/mol. The van der Waals surface area contributed by atoms with Crippen molar-refractivity contribution in [3.8, 4) is 0 Å². The van der Waals surface area contributed by atoms with Crippen molar-refractivity contribution in [3.63, 3.8) is 0 Å². The van der Waals surface area contributed by atoms with Crippen LogP contribution in [-0.2, 0) is 4.74 Å². The first-order valence-electron chi connectivity index (χ1n) is 6.19. The van der Waals surface area contributed by atoms with Gasteiger partial charge in [-0.25, -0.2) is 8.78 Å². The molecule has 0 bridgehead atoms. The van der Waals surface area contributed by atoms with Crippen LogP contribution in [0, 0.1) is 0 Å². The maximum Gasteiger partial charge on any atom is 0.437 e. The Morgan fingerprint density at radius 2 is 0.517 bits per heavy atom.